The highest BCUT2D eigenvalue weighted by Crippen LogP contribution is 2.39. The summed E-state index contributed by atoms with van der Waals surface area (Å²) in [5.74, 6) is 6.87. The maximum Gasteiger partial charge on any atom is 0.242 e. The van der Waals surface area contributed by atoms with Gasteiger partial charge in [-0.1, -0.05) is 11.8 Å². The van der Waals surface area contributed by atoms with Gasteiger partial charge in [-0.05, 0) is 39.5 Å². The summed E-state index contributed by atoms with van der Waals surface area (Å²) >= 11 is 0. The van der Waals surface area contributed by atoms with Gasteiger partial charge in [0.1, 0.15) is 16.8 Å². The molecule has 0 spiro atoms. The molecule has 1 unspecified atom stereocenters. The Labute approximate surface area is 159 Å². The molecule has 4 rings (SSSR count). The number of hydrogen-bond acceptors (Lipinski definition) is 4. The molecule has 1 fully saturated rings. The first-order chi connectivity index (χ1) is 12.6. The molecule has 1 atom stereocenters. The Balaban J connectivity index is 1.89. The molecule has 3 heterocycles. The van der Waals surface area contributed by atoms with Crippen LogP contribution in [0.15, 0.2) is 17.4 Å². The van der Waals surface area contributed by atoms with Crippen LogP contribution in [0.25, 0.3) is 11.3 Å². The molecular weight excluding hydrogens is 342 g/mol. The van der Waals surface area contributed by atoms with Crippen LogP contribution in [0, 0.1) is 29.9 Å². The molecular formula is C21H25N3O3. The van der Waals surface area contributed by atoms with Crippen LogP contribution < -0.4 is 4.73 Å². The van der Waals surface area contributed by atoms with Crippen molar-refractivity contribution in [2.75, 3.05) is 6.54 Å². The maximum atomic E-state index is 12.8. The molecule has 0 saturated heterocycles. The van der Waals surface area contributed by atoms with Crippen molar-refractivity contribution in [3.05, 3.63) is 34.4 Å². The van der Waals surface area contributed by atoms with Crippen molar-refractivity contribution in [3.8, 4) is 23.1 Å². The van der Waals surface area contributed by atoms with Crippen LogP contribution in [0.5, 0.6) is 0 Å². The van der Waals surface area contributed by atoms with Crippen molar-refractivity contribution in [1.29, 1.82) is 0 Å². The van der Waals surface area contributed by atoms with E-state index in [1.807, 2.05) is 31.7 Å². The first-order valence-corrected chi connectivity index (χ1v) is 9.30. The Bertz CT molecular complexity index is 984. The average Bonchev–Trinajstić information content (AvgIpc) is 3.34. The third kappa shape index (κ3) is 3.06. The quantitative estimate of drug-likeness (QED) is 0.502. The van der Waals surface area contributed by atoms with Gasteiger partial charge in [-0.25, -0.2) is 4.99 Å². The summed E-state index contributed by atoms with van der Waals surface area (Å²) in [6.45, 7) is 8.03. The lowest BCUT2D eigenvalue weighted by Gasteiger charge is -2.17. The number of aliphatic hydroxyl groups is 1. The van der Waals surface area contributed by atoms with E-state index in [1.165, 1.54) is 0 Å². The van der Waals surface area contributed by atoms with Crippen molar-refractivity contribution < 1.29 is 14.6 Å². The number of ether oxygens (including phenoxy) is 1. The van der Waals surface area contributed by atoms with Gasteiger partial charge in [0, 0.05) is 20.2 Å². The van der Waals surface area contributed by atoms with Gasteiger partial charge in [0.15, 0.2) is 0 Å². The molecule has 1 N–H and O–H groups in total. The molecule has 0 aromatic carbocycles. The zero-order valence-electron chi connectivity index (χ0n) is 16.5. The van der Waals surface area contributed by atoms with Crippen LogP contribution in [0.3, 0.4) is 0 Å². The Kier molecular flexibility index (Phi) is 3.80. The number of aromatic nitrogens is 2. The Hall–Kier alpha value is -2.52. The zero-order chi connectivity index (χ0) is 19.6. The Morgan fingerprint density at radius 1 is 1.37 bits per heavy atom. The van der Waals surface area contributed by atoms with Gasteiger partial charge < -0.3 is 19.6 Å². The highest BCUT2D eigenvalue weighted by molar-refractivity contribution is 6.03. The number of nitrogens with zero attached hydrogens (tertiary/aromatic N) is 3. The Morgan fingerprint density at radius 3 is 2.67 bits per heavy atom. The van der Waals surface area contributed by atoms with E-state index >= 15 is 0 Å². The van der Waals surface area contributed by atoms with E-state index in [-0.39, 0.29) is 11.5 Å². The van der Waals surface area contributed by atoms with E-state index < -0.39 is 5.60 Å². The highest BCUT2D eigenvalue weighted by Gasteiger charge is 2.40. The van der Waals surface area contributed by atoms with Crippen LogP contribution >= 0.6 is 0 Å². The summed E-state index contributed by atoms with van der Waals surface area (Å²) in [4.78, 5) is 4.53. The molecule has 6 nitrogen and oxygen atoms in total. The predicted molar refractivity (Wildman–Crippen MR) is 103 cm³/mol. The van der Waals surface area contributed by atoms with Crippen molar-refractivity contribution in [3.63, 3.8) is 0 Å². The molecule has 0 amide bonds. The first-order valence-electron chi connectivity index (χ1n) is 9.30. The lowest BCUT2D eigenvalue weighted by molar-refractivity contribution is -0.597. The summed E-state index contributed by atoms with van der Waals surface area (Å²) in [5, 5.41) is 23.4. The SMILES string of the molecule is Cc1c(C2=NCC(C)(C)O2)c2c(C#CC(C)(O)C3CC3)cn(C)cc-2[n+]1[O-]. The number of fused-ring (bicyclic) bond motifs is 1. The fourth-order valence-corrected chi connectivity index (χ4v) is 3.60. The van der Waals surface area contributed by atoms with Crippen LogP contribution in [0.1, 0.15) is 50.4 Å². The number of aryl methyl sites for hydroxylation is 1. The first kappa shape index (κ1) is 17.9. The van der Waals surface area contributed by atoms with Gasteiger partial charge in [0.25, 0.3) is 0 Å². The van der Waals surface area contributed by atoms with Crippen LogP contribution in [-0.4, -0.2) is 33.3 Å². The van der Waals surface area contributed by atoms with Gasteiger partial charge in [-0.2, -0.15) is 4.73 Å². The van der Waals surface area contributed by atoms with Crippen molar-refractivity contribution in [1.82, 2.24) is 4.57 Å². The third-order valence-electron chi connectivity index (χ3n) is 5.33. The summed E-state index contributed by atoms with van der Waals surface area (Å²) < 4.78 is 8.73. The second-order valence-corrected chi connectivity index (χ2v) is 8.51. The summed E-state index contributed by atoms with van der Waals surface area (Å²) in [7, 11) is 1.86. The third-order valence-corrected chi connectivity index (χ3v) is 5.33. The number of rotatable bonds is 2. The molecule has 4 aliphatic rings. The molecule has 6 heteroatoms. The lowest BCUT2D eigenvalue weighted by Crippen LogP contribution is -2.30. The molecule has 0 aromatic heterocycles. The summed E-state index contributed by atoms with van der Waals surface area (Å²) in [5.41, 5.74) is 1.79. The molecule has 0 radical (unpaired) electrons. The maximum absolute atomic E-state index is 12.8. The van der Waals surface area contributed by atoms with Gasteiger partial charge in [0.05, 0.1) is 23.9 Å². The average molecular weight is 367 g/mol. The smallest absolute Gasteiger partial charge is 0.242 e. The van der Waals surface area contributed by atoms with Crippen LogP contribution in [0.2, 0.25) is 0 Å². The molecule has 27 heavy (non-hydrogen) atoms. The molecule has 1 saturated carbocycles. The van der Waals surface area contributed by atoms with E-state index in [2.05, 4.69) is 16.8 Å². The second kappa shape index (κ2) is 5.74. The monoisotopic (exact) mass is 367 g/mol. The van der Waals surface area contributed by atoms with Crippen molar-refractivity contribution >= 4 is 5.90 Å². The second-order valence-electron chi connectivity index (χ2n) is 8.51. The van der Waals surface area contributed by atoms with Gasteiger partial charge in [-0.3, -0.25) is 0 Å². The normalized spacial score (nSPS) is 20.6. The minimum Gasteiger partial charge on any atom is -0.618 e. The number of hydrogen-bond donors (Lipinski definition) is 1. The topological polar surface area (TPSA) is 73.7 Å². The lowest BCUT2D eigenvalue weighted by atomic mass is 9.98. The predicted octanol–water partition coefficient (Wildman–Crippen LogP) is 2.14. The number of pyridine rings is 1. The van der Waals surface area contributed by atoms with Gasteiger partial charge >= 0.3 is 0 Å². The van der Waals surface area contributed by atoms with E-state index in [4.69, 9.17) is 4.74 Å². The molecule has 0 bridgehead atoms. The molecule has 3 aliphatic heterocycles. The largest absolute Gasteiger partial charge is 0.618 e. The van der Waals surface area contributed by atoms with E-state index in [0.717, 1.165) is 23.1 Å². The fraction of sp³-hybridized carbons (Fsp3) is 0.524. The van der Waals surface area contributed by atoms with E-state index in [1.54, 1.807) is 20.0 Å². The van der Waals surface area contributed by atoms with E-state index in [9.17, 15) is 10.3 Å². The van der Waals surface area contributed by atoms with E-state index in [0.29, 0.717) is 35.0 Å². The fourth-order valence-electron chi connectivity index (χ4n) is 3.60. The molecule has 0 aromatic rings. The van der Waals surface area contributed by atoms with Crippen LogP contribution in [0.4, 0.5) is 0 Å². The van der Waals surface area contributed by atoms with Crippen LogP contribution in [-0.2, 0) is 11.8 Å². The number of aliphatic imine (C=N–C) groups is 1. The standard InChI is InChI=1S/C21H25N3O3/c1-13-17(19-22-12-20(2,3)27-19)18-14(8-9-21(4,25)15-6-7-15)10-23(5)11-16(18)24(13)26/h10-11,15,25H,6-7,12H2,1-5H3. The molecule has 1 aliphatic carbocycles. The highest BCUT2D eigenvalue weighted by atomic mass is 16.5. The zero-order valence-corrected chi connectivity index (χ0v) is 16.5. The minimum atomic E-state index is -1.01. The van der Waals surface area contributed by atoms with Gasteiger partial charge in [0.2, 0.25) is 17.3 Å². The summed E-state index contributed by atoms with van der Waals surface area (Å²) in [6.07, 6.45) is 5.66. The van der Waals surface area contributed by atoms with Crippen molar-refractivity contribution in [2.45, 2.75) is 51.7 Å². The molecule has 142 valence electrons. The van der Waals surface area contributed by atoms with Gasteiger partial charge in [-0.15, -0.1) is 0 Å². The minimum absolute atomic E-state index is 0.228. The summed E-state index contributed by atoms with van der Waals surface area (Å²) in [6, 6.07) is 0. The van der Waals surface area contributed by atoms with Crippen molar-refractivity contribution in [2.24, 2.45) is 18.0 Å². The Morgan fingerprint density at radius 2 is 2.07 bits per heavy atom.